The molecule has 160 valence electrons. The second kappa shape index (κ2) is 10.4. The lowest BCUT2D eigenvalue weighted by Crippen LogP contribution is -2.07. The molecule has 0 unspecified atom stereocenters. The van der Waals surface area contributed by atoms with Gasteiger partial charge in [0.15, 0.2) is 11.4 Å². The van der Waals surface area contributed by atoms with Crippen LogP contribution in [0.2, 0.25) is 10.0 Å². The molecule has 30 heavy (non-hydrogen) atoms. The van der Waals surface area contributed by atoms with Gasteiger partial charge in [0.1, 0.15) is 11.3 Å². The van der Waals surface area contributed by atoms with Crippen LogP contribution < -0.4 is 0 Å². The molecule has 0 amide bonds. The molecule has 0 aliphatic carbocycles. The Morgan fingerprint density at radius 1 is 1.17 bits per heavy atom. The number of Topliss-reactive ketones (excluding diaryl/α,β-unsaturated/α-hetero) is 1. The van der Waals surface area contributed by atoms with Gasteiger partial charge in [-0.1, -0.05) is 75.2 Å². The van der Waals surface area contributed by atoms with Crippen LogP contribution >= 0.6 is 23.2 Å². The number of aromatic nitrogens is 3. The molecule has 0 bridgehead atoms. The molecule has 0 N–H and O–H groups in total. The fraction of sp³-hybridized carbons (Fsp3) is 0.458. The Morgan fingerprint density at radius 2 is 1.90 bits per heavy atom. The Bertz CT molecular complexity index is 1010. The Morgan fingerprint density at radius 3 is 2.60 bits per heavy atom. The maximum absolute atomic E-state index is 12.8. The molecule has 3 aromatic rings. The third-order valence-electron chi connectivity index (χ3n) is 5.60. The molecular formula is C24H29Cl2N3O. The zero-order valence-electron chi connectivity index (χ0n) is 17.9. The summed E-state index contributed by atoms with van der Waals surface area (Å²) in [7, 11) is 1.92. The smallest absolute Gasteiger partial charge is 0.164 e. The molecule has 0 saturated carbocycles. The van der Waals surface area contributed by atoms with Crippen LogP contribution in [0.5, 0.6) is 0 Å². The van der Waals surface area contributed by atoms with Gasteiger partial charge in [-0.25, -0.2) is 9.97 Å². The SMILES string of the molecule is CCCCCC[C@@H](C)CC(=O)c1cnc2c(c1)nc(Cc1c(Cl)cccc1Cl)n2C. The van der Waals surface area contributed by atoms with Gasteiger partial charge in [0, 0.05) is 41.7 Å². The Kier molecular flexibility index (Phi) is 7.90. The van der Waals surface area contributed by atoms with Crippen LogP contribution in [0.3, 0.4) is 0 Å². The van der Waals surface area contributed by atoms with Crippen molar-refractivity contribution in [3.05, 3.63) is 57.5 Å². The fourth-order valence-electron chi connectivity index (χ4n) is 3.75. The molecular weight excluding hydrogens is 417 g/mol. The predicted octanol–water partition coefficient (Wildman–Crippen LogP) is 7.05. The maximum Gasteiger partial charge on any atom is 0.164 e. The van der Waals surface area contributed by atoms with Gasteiger partial charge in [-0.2, -0.15) is 0 Å². The van der Waals surface area contributed by atoms with E-state index in [0.717, 1.165) is 29.0 Å². The number of benzene rings is 1. The number of carbonyl (C=O) groups excluding carboxylic acids is 1. The normalized spacial score (nSPS) is 12.4. The highest BCUT2D eigenvalue weighted by Crippen LogP contribution is 2.27. The standard InChI is InChI=1S/C24H29Cl2N3O/c1-4-5-6-7-9-16(2)12-22(30)17-13-21-24(27-15-17)29(3)23(28-21)14-18-19(25)10-8-11-20(18)26/h8,10-11,13,15-16H,4-7,9,12,14H2,1-3H3/t16-/m1/s1. The summed E-state index contributed by atoms with van der Waals surface area (Å²) in [6.45, 7) is 4.37. The summed E-state index contributed by atoms with van der Waals surface area (Å²) in [6.07, 6.45) is 8.74. The summed E-state index contributed by atoms with van der Waals surface area (Å²) in [5, 5.41) is 1.23. The van der Waals surface area contributed by atoms with Crippen LogP contribution in [0.1, 0.15) is 74.1 Å². The van der Waals surface area contributed by atoms with Gasteiger partial charge in [-0.15, -0.1) is 0 Å². The number of pyridine rings is 1. The highest BCUT2D eigenvalue weighted by atomic mass is 35.5. The zero-order chi connectivity index (χ0) is 21.7. The monoisotopic (exact) mass is 445 g/mol. The van der Waals surface area contributed by atoms with E-state index in [4.69, 9.17) is 28.2 Å². The Hall–Kier alpha value is -1.91. The number of unbranched alkanes of at least 4 members (excludes halogenated alkanes) is 3. The van der Waals surface area contributed by atoms with Crippen molar-refractivity contribution < 1.29 is 4.79 Å². The molecule has 0 aliphatic heterocycles. The van der Waals surface area contributed by atoms with E-state index in [1.165, 1.54) is 25.7 Å². The topological polar surface area (TPSA) is 47.8 Å². The molecule has 1 atom stereocenters. The van der Waals surface area contributed by atoms with Crippen molar-refractivity contribution in [1.82, 2.24) is 14.5 Å². The first kappa shape index (κ1) is 22.8. The summed E-state index contributed by atoms with van der Waals surface area (Å²) >= 11 is 12.6. The molecule has 2 aromatic heterocycles. The third kappa shape index (κ3) is 5.41. The van der Waals surface area contributed by atoms with Crippen molar-refractivity contribution in [2.24, 2.45) is 13.0 Å². The van der Waals surface area contributed by atoms with Crippen molar-refractivity contribution in [1.29, 1.82) is 0 Å². The second-order valence-corrected chi connectivity index (χ2v) is 8.93. The number of aryl methyl sites for hydroxylation is 1. The summed E-state index contributed by atoms with van der Waals surface area (Å²) in [6, 6.07) is 7.33. The number of carbonyl (C=O) groups is 1. The summed E-state index contributed by atoms with van der Waals surface area (Å²) in [5.41, 5.74) is 2.94. The van der Waals surface area contributed by atoms with Gasteiger partial charge in [-0.05, 0) is 29.7 Å². The van der Waals surface area contributed by atoms with E-state index in [9.17, 15) is 4.79 Å². The van der Waals surface area contributed by atoms with Crippen molar-refractivity contribution in [3.8, 4) is 0 Å². The molecule has 0 saturated heterocycles. The number of ketones is 1. The third-order valence-corrected chi connectivity index (χ3v) is 6.31. The molecule has 1 aromatic carbocycles. The predicted molar refractivity (Wildman–Crippen MR) is 125 cm³/mol. The molecule has 0 fully saturated rings. The molecule has 0 spiro atoms. The number of halogens is 2. The molecule has 4 nitrogen and oxygen atoms in total. The largest absolute Gasteiger partial charge is 0.316 e. The van der Waals surface area contributed by atoms with Gasteiger partial charge < -0.3 is 4.57 Å². The molecule has 0 aliphatic rings. The van der Waals surface area contributed by atoms with Crippen molar-refractivity contribution in [2.45, 2.75) is 58.8 Å². The summed E-state index contributed by atoms with van der Waals surface area (Å²) < 4.78 is 1.93. The van der Waals surface area contributed by atoms with Crippen LogP contribution in [0.15, 0.2) is 30.5 Å². The van der Waals surface area contributed by atoms with Gasteiger partial charge in [0.05, 0.1) is 0 Å². The number of rotatable bonds is 10. The minimum Gasteiger partial charge on any atom is -0.316 e. The van der Waals surface area contributed by atoms with E-state index < -0.39 is 0 Å². The first-order chi connectivity index (χ1) is 14.4. The minimum absolute atomic E-state index is 0.133. The number of nitrogens with zero attached hydrogens (tertiary/aromatic N) is 3. The van der Waals surface area contributed by atoms with Crippen LogP contribution in [-0.4, -0.2) is 20.3 Å². The first-order valence-electron chi connectivity index (χ1n) is 10.7. The van der Waals surface area contributed by atoms with Crippen LogP contribution in [0.4, 0.5) is 0 Å². The van der Waals surface area contributed by atoms with Gasteiger partial charge in [0.25, 0.3) is 0 Å². The highest BCUT2D eigenvalue weighted by Gasteiger charge is 2.17. The Balaban J connectivity index is 1.74. The summed E-state index contributed by atoms with van der Waals surface area (Å²) in [5.74, 6) is 1.32. The number of fused-ring (bicyclic) bond motifs is 1. The van der Waals surface area contributed by atoms with E-state index in [1.807, 2.05) is 35.9 Å². The van der Waals surface area contributed by atoms with Crippen molar-refractivity contribution in [3.63, 3.8) is 0 Å². The van der Waals surface area contributed by atoms with E-state index in [2.05, 4.69) is 18.8 Å². The molecule has 6 heteroatoms. The van der Waals surface area contributed by atoms with E-state index in [0.29, 0.717) is 34.4 Å². The van der Waals surface area contributed by atoms with E-state index in [-0.39, 0.29) is 5.78 Å². The average Bonchev–Trinajstić information content (AvgIpc) is 3.03. The highest BCUT2D eigenvalue weighted by molar-refractivity contribution is 6.36. The molecule has 0 radical (unpaired) electrons. The Labute approximate surface area is 188 Å². The van der Waals surface area contributed by atoms with E-state index in [1.54, 1.807) is 6.20 Å². The quantitative estimate of drug-likeness (QED) is 0.248. The first-order valence-corrected chi connectivity index (χ1v) is 11.4. The van der Waals surface area contributed by atoms with Crippen LogP contribution in [0.25, 0.3) is 11.2 Å². The molecule has 3 rings (SSSR count). The number of imidazole rings is 1. The number of hydrogen-bond acceptors (Lipinski definition) is 3. The lowest BCUT2D eigenvalue weighted by Gasteiger charge is -2.10. The lowest BCUT2D eigenvalue weighted by atomic mass is 9.95. The van der Waals surface area contributed by atoms with Crippen LogP contribution in [0, 0.1) is 5.92 Å². The van der Waals surface area contributed by atoms with Gasteiger partial charge in [0.2, 0.25) is 0 Å². The lowest BCUT2D eigenvalue weighted by molar-refractivity contribution is 0.0962. The zero-order valence-corrected chi connectivity index (χ0v) is 19.4. The average molecular weight is 446 g/mol. The fourth-order valence-corrected chi connectivity index (χ4v) is 4.28. The van der Waals surface area contributed by atoms with Gasteiger partial charge >= 0.3 is 0 Å². The summed E-state index contributed by atoms with van der Waals surface area (Å²) in [4.78, 5) is 22.0. The van der Waals surface area contributed by atoms with Crippen LogP contribution in [-0.2, 0) is 13.5 Å². The minimum atomic E-state index is 0.133. The van der Waals surface area contributed by atoms with Gasteiger partial charge in [-0.3, -0.25) is 4.79 Å². The van der Waals surface area contributed by atoms with Crippen molar-refractivity contribution >= 4 is 40.1 Å². The number of hydrogen-bond donors (Lipinski definition) is 0. The maximum atomic E-state index is 12.8. The van der Waals surface area contributed by atoms with E-state index >= 15 is 0 Å². The van der Waals surface area contributed by atoms with Crippen molar-refractivity contribution in [2.75, 3.05) is 0 Å². The second-order valence-electron chi connectivity index (χ2n) is 8.11. The molecule has 2 heterocycles.